The summed E-state index contributed by atoms with van der Waals surface area (Å²) in [4.78, 5) is 18.2. The second-order valence-corrected chi connectivity index (χ2v) is 5.48. The Morgan fingerprint density at radius 3 is 2.73 bits per heavy atom. The molecule has 6 nitrogen and oxygen atoms in total. The number of pyridine rings is 1. The fourth-order valence-electron chi connectivity index (χ4n) is 2.39. The molecule has 0 N–H and O–H groups in total. The highest BCUT2D eigenvalue weighted by Crippen LogP contribution is 2.28. The van der Waals surface area contributed by atoms with Crippen molar-refractivity contribution >= 4 is 12.0 Å². The summed E-state index contributed by atoms with van der Waals surface area (Å²) in [5, 5.41) is 8.83. The van der Waals surface area contributed by atoms with E-state index >= 15 is 0 Å². The zero-order valence-corrected chi connectivity index (χ0v) is 14.9. The van der Waals surface area contributed by atoms with Crippen LogP contribution in [0.5, 0.6) is 11.5 Å². The molecule has 6 heteroatoms. The molecule has 2 rings (SSSR count). The van der Waals surface area contributed by atoms with Crippen molar-refractivity contribution in [2.45, 2.75) is 13.0 Å². The van der Waals surface area contributed by atoms with Crippen LogP contribution in [0.1, 0.15) is 17.5 Å². The molecule has 1 aromatic heterocycles. The largest absolute Gasteiger partial charge is 0.493 e. The summed E-state index contributed by atoms with van der Waals surface area (Å²) in [5.74, 6) is 1.06. The summed E-state index contributed by atoms with van der Waals surface area (Å²) in [6.45, 7) is 0.769. The third-order valence-corrected chi connectivity index (χ3v) is 3.73. The number of carbonyl (C=O) groups is 1. The molecule has 0 spiro atoms. The number of nitrogens with zero attached hydrogens (tertiary/aromatic N) is 3. The van der Waals surface area contributed by atoms with E-state index in [-0.39, 0.29) is 12.3 Å². The molecule has 134 valence electrons. The number of amides is 1. The van der Waals surface area contributed by atoms with E-state index in [1.807, 2.05) is 18.2 Å². The highest BCUT2D eigenvalue weighted by molar-refractivity contribution is 5.91. The lowest BCUT2D eigenvalue weighted by atomic mass is 10.1. The topological polar surface area (TPSA) is 75.5 Å². The maximum atomic E-state index is 12.6. The maximum absolute atomic E-state index is 12.6. The van der Waals surface area contributed by atoms with Gasteiger partial charge >= 0.3 is 0 Å². The van der Waals surface area contributed by atoms with E-state index in [9.17, 15) is 4.79 Å². The Morgan fingerprint density at radius 2 is 2.08 bits per heavy atom. The first-order valence-electron chi connectivity index (χ1n) is 8.12. The summed E-state index contributed by atoms with van der Waals surface area (Å²) in [7, 11) is 3.14. The number of carbonyl (C=O) groups excluding carboxylic acids is 1. The molecule has 0 aliphatic carbocycles. The van der Waals surface area contributed by atoms with Gasteiger partial charge in [0, 0.05) is 31.6 Å². The van der Waals surface area contributed by atoms with Gasteiger partial charge in [0.05, 0.1) is 26.7 Å². The zero-order valence-electron chi connectivity index (χ0n) is 14.9. The minimum atomic E-state index is -0.168. The van der Waals surface area contributed by atoms with E-state index < -0.39 is 0 Å². The van der Waals surface area contributed by atoms with Crippen molar-refractivity contribution in [2.24, 2.45) is 0 Å². The van der Waals surface area contributed by atoms with E-state index in [4.69, 9.17) is 14.7 Å². The third kappa shape index (κ3) is 5.35. The van der Waals surface area contributed by atoms with Gasteiger partial charge in [0.2, 0.25) is 5.91 Å². The van der Waals surface area contributed by atoms with Crippen LogP contribution in [0, 0.1) is 11.3 Å². The lowest BCUT2D eigenvalue weighted by Gasteiger charge is -2.20. The Hall–Kier alpha value is -3.33. The quantitative estimate of drug-likeness (QED) is 0.683. The van der Waals surface area contributed by atoms with Gasteiger partial charge in [0.1, 0.15) is 0 Å². The molecule has 0 fully saturated rings. The van der Waals surface area contributed by atoms with Crippen LogP contribution in [0.25, 0.3) is 6.08 Å². The molecule has 26 heavy (non-hydrogen) atoms. The number of ether oxygens (including phenoxy) is 2. The van der Waals surface area contributed by atoms with Crippen LogP contribution >= 0.6 is 0 Å². The van der Waals surface area contributed by atoms with Crippen LogP contribution in [-0.4, -0.2) is 36.6 Å². The van der Waals surface area contributed by atoms with Crippen LogP contribution in [0.4, 0.5) is 0 Å². The first-order chi connectivity index (χ1) is 12.7. The molecule has 2 aromatic rings. The van der Waals surface area contributed by atoms with Gasteiger partial charge in [-0.25, -0.2) is 0 Å². The molecule has 0 aliphatic rings. The number of aromatic nitrogens is 1. The second-order valence-electron chi connectivity index (χ2n) is 5.48. The van der Waals surface area contributed by atoms with Gasteiger partial charge in [-0.2, -0.15) is 5.26 Å². The Labute approximate surface area is 153 Å². The van der Waals surface area contributed by atoms with Crippen LogP contribution in [0.2, 0.25) is 0 Å². The molecule has 0 radical (unpaired) electrons. The number of benzene rings is 1. The van der Waals surface area contributed by atoms with E-state index in [0.717, 1.165) is 11.1 Å². The molecule has 0 atom stereocenters. The summed E-state index contributed by atoms with van der Waals surface area (Å²) < 4.78 is 10.5. The van der Waals surface area contributed by atoms with Gasteiger partial charge in [-0.05, 0) is 35.4 Å². The van der Waals surface area contributed by atoms with E-state index in [2.05, 4.69) is 11.1 Å². The first-order valence-corrected chi connectivity index (χ1v) is 8.12. The lowest BCUT2D eigenvalue weighted by Crippen LogP contribution is -2.29. The molecule has 0 aliphatic heterocycles. The molecule has 0 saturated heterocycles. The van der Waals surface area contributed by atoms with E-state index in [0.29, 0.717) is 24.6 Å². The van der Waals surface area contributed by atoms with Crippen molar-refractivity contribution in [3.05, 3.63) is 59.9 Å². The van der Waals surface area contributed by atoms with E-state index in [1.54, 1.807) is 49.7 Å². The van der Waals surface area contributed by atoms with Crippen LogP contribution in [0.15, 0.2) is 48.8 Å². The molecule has 1 amide bonds. The van der Waals surface area contributed by atoms with Gasteiger partial charge in [-0.1, -0.05) is 12.1 Å². The number of hydrogen-bond donors (Lipinski definition) is 0. The third-order valence-electron chi connectivity index (χ3n) is 3.73. The Morgan fingerprint density at radius 1 is 1.27 bits per heavy atom. The number of hydrogen-bond acceptors (Lipinski definition) is 5. The summed E-state index contributed by atoms with van der Waals surface area (Å²) in [6.07, 6.45) is 6.88. The monoisotopic (exact) mass is 351 g/mol. The van der Waals surface area contributed by atoms with Crippen molar-refractivity contribution in [1.82, 2.24) is 9.88 Å². The molecular formula is C20H21N3O3. The molecule has 1 heterocycles. The standard InChI is InChI=1S/C20H21N3O3/c1-25-18-8-6-16(13-19(18)26-2)7-9-20(24)23(12-4-10-21)15-17-5-3-11-22-14-17/h3,5-9,11,13-14H,4,12,15H2,1-2H3/b9-7+. The Bertz CT molecular complexity index is 798. The van der Waals surface area contributed by atoms with Crippen molar-refractivity contribution in [3.63, 3.8) is 0 Å². The number of methoxy groups -OCH3 is 2. The van der Waals surface area contributed by atoms with Gasteiger partial charge in [-0.3, -0.25) is 9.78 Å². The normalized spacial score (nSPS) is 10.3. The highest BCUT2D eigenvalue weighted by Gasteiger charge is 2.11. The van der Waals surface area contributed by atoms with Gasteiger partial charge in [0.25, 0.3) is 0 Å². The minimum absolute atomic E-state index is 0.168. The van der Waals surface area contributed by atoms with Crippen molar-refractivity contribution in [1.29, 1.82) is 5.26 Å². The van der Waals surface area contributed by atoms with Crippen molar-refractivity contribution in [3.8, 4) is 17.6 Å². The average molecular weight is 351 g/mol. The number of nitriles is 1. The molecule has 0 bridgehead atoms. The molecular weight excluding hydrogens is 330 g/mol. The summed E-state index contributed by atoms with van der Waals surface area (Å²) in [6, 6.07) is 11.2. The predicted octanol–water partition coefficient (Wildman–Crippen LogP) is 3.05. The summed E-state index contributed by atoms with van der Waals surface area (Å²) in [5.41, 5.74) is 1.73. The molecule has 0 saturated carbocycles. The fraction of sp³-hybridized carbons (Fsp3) is 0.250. The average Bonchev–Trinajstić information content (AvgIpc) is 2.69. The van der Waals surface area contributed by atoms with Crippen molar-refractivity contribution < 1.29 is 14.3 Å². The zero-order chi connectivity index (χ0) is 18.8. The molecule has 1 aromatic carbocycles. The van der Waals surface area contributed by atoms with Crippen molar-refractivity contribution in [2.75, 3.05) is 20.8 Å². The fourth-order valence-corrected chi connectivity index (χ4v) is 2.39. The van der Waals surface area contributed by atoms with Gasteiger partial charge < -0.3 is 14.4 Å². The highest BCUT2D eigenvalue weighted by atomic mass is 16.5. The van der Waals surface area contributed by atoms with Crippen LogP contribution in [0.3, 0.4) is 0 Å². The Balaban J connectivity index is 2.12. The molecule has 0 unspecified atom stereocenters. The van der Waals surface area contributed by atoms with Gasteiger partial charge in [0.15, 0.2) is 11.5 Å². The first kappa shape index (κ1) is 19.0. The lowest BCUT2D eigenvalue weighted by molar-refractivity contribution is -0.126. The predicted molar refractivity (Wildman–Crippen MR) is 98.5 cm³/mol. The van der Waals surface area contributed by atoms with E-state index in [1.165, 1.54) is 6.08 Å². The SMILES string of the molecule is COc1ccc(/C=C/C(=O)N(CCC#N)Cc2cccnc2)cc1OC. The maximum Gasteiger partial charge on any atom is 0.246 e. The second kappa shape index (κ2) is 9.84. The van der Waals surface area contributed by atoms with Crippen LogP contribution < -0.4 is 9.47 Å². The number of rotatable bonds is 8. The summed E-state index contributed by atoms with van der Waals surface area (Å²) >= 11 is 0. The Kier molecular flexibility index (Phi) is 7.19. The minimum Gasteiger partial charge on any atom is -0.493 e. The van der Waals surface area contributed by atoms with Crippen LogP contribution in [-0.2, 0) is 11.3 Å². The smallest absolute Gasteiger partial charge is 0.246 e. The van der Waals surface area contributed by atoms with Gasteiger partial charge in [-0.15, -0.1) is 0 Å².